The van der Waals surface area contributed by atoms with E-state index < -0.39 is 285 Å². The number of aliphatic hydroxyl groups is 2. The molecule has 126 heavy (non-hydrogen) atoms. The first kappa shape index (κ1) is 104. The number of carboxylic acids is 4. The molecule has 688 valence electrons. The van der Waals surface area contributed by atoms with Gasteiger partial charge in [0.1, 0.15) is 90.6 Å². The van der Waals surface area contributed by atoms with Crippen molar-refractivity contribution < 1.29 is 131 Å². The van der Waals surface area contributed by atoms with Crippen molar-refractivity contribution in [2.24, 2.45) is 23.3 Å². The van der Waals surface area contributed by atoms with Gasteiger partial charge in [0.2, 0.25) is 100 Å². The highest BCUT2D eigenvalue weighted by molar-refractivity contribution is 6.02. The number of aromatic amines is 1. The summed E-state index contributed by atoms with van der Waals surface area (Å²) in [7, 11) is 0. The van der Waals surface area contributed by atoms with Crippen molar-refractivity contribution in [2.75, 3.05) is 6.61 Å². The minimum absolute atomic E-state index is 0.000118. The molecule has 0 saturated carbocycles. The van der Waals surface area contributed by atoms with Gasteiger partial charge >= 0.3 is 23.9 Å². The molecule has 16 atom stereocenters. The minimum atomic E-state index is -2.18. The van der Waals surface area contributed by atoms with Crippen LogP contribution in [0, 0.1) is 11.8 Å². The number of amides is 17. The lowest BCUT2D eigenvalue weighted by Crippen LogP contribution is -2.62. The molecular weight excluding hydrogens is 1660 g/mol. The summed E-state index contributed by atoms with van der Waals surface area (Å²) in [5.74, 6) is -26.6. The van der Waals surface area contributed by atoms with E-state index >= 15 is 4.79 Å². The van der Waals surface area contributed by atoms with Crippen LogP contribution in [0.15, 0.2) is 91.1 Å². The molecule has 45 heteroatoms. The van der Waals surface area contributed by atoms with Crippen molar-refractivity contribution >= 4 is 135 Å². The topological polar surface area (TPSA) is 728 Å². The Bertz CT molecular complexity index is 4550. The molecule has 17 amide bonds. The van der Waals surface area contributed by atoms with E-state index in [1.165, 1.54) is 20.0 Å². The summed E-state index contributed by atoms with van der Waals surface area (Å²) in [5, 5.41) is 94.9. The van der Waals surface area contributed by atoms with Crippen LogP contribution in [-0.2, 0) is 120 Å². The van der Waals surface area contributed by atoms with Crippen molar-refractivity contribution in [2.45, 2.75) is 236 Å². The molecule has 4 aromatic rings. The molecule has 0 aliphatic rings. The van der Waals surface area contributed by atoms with Gasteiger partial charge in [0.05, 0.1) is 32.0 Å². The molecule has 0 aliphatic carbocycles. The SMILES string of the molecule is CC(=O)N[C@@H](CC(=O)O)C(=O)N[C@@H](Cc1ccccc1)C(=O)N[C@H](C(=O)N[C@@H](C)C(=O)N[C@@H](CC(=O)O)C(=O)N[C@@H](CC(N)=O)C(=O)N[C@@H](CC(C)C)C(=O)N[C@@H](CCC(=O)O)C(=O)N[C@@H](CCC(=O)O)C(=O)N[C@@H](Cc1c[nH]c2ccccc12)C(=O)N[C@@H](Cc1ccccc1)C(=O)N[C@@H](C)C(=O)N[C@@H](CC(C)C)C(=O)N[C@@H](C)C(=O)N[C@@H](CO)C(N)=O)[C@@H](C)O. The van der Waals surface area contributed by atoms with Crippen molar-refractivity contribution in [1.29, 1.82) is 0 Å². The minimum Gasteiger partial charge on any atom is -0.481 e. The molecule has 0 radical (unpaired) electrons. The third kappa shape index (κ3) is 36.2. The molecule has 0 saturated heterocycles. The normalized spacial score (nSPS) is 14.9. The molecule has 1 aromatic heterocycles. The Morgan fingerprint density at radius 2 is 0.659 bits per heavy atom. The van der Waals surface area contributed by atoms with Gasteiger partial charge in [-0.2, -0.15) is 0 Å². The average Bonchev–Trinajstić information content (AvgIpc) is 1.65. The maximum absolute atomic E-state index is 15.1. The number of carboxylic acid groups (broad SMARTS) is 4. The van der Waals surface area contributed by atoms with Gasteiger partial charge in [-0.05, 0) is 88.0 Å². The number of H-pyrrole nitrogens is 1. The van der Waals surface area contributed by atoms with Gasteiger partial charge in [-0.1, -0.05) is 107 Å². The molecule has 0 bridgehead atoms. The molecule has 0 spiro atoms. The summed E-state index contributed by atoms with van der Waals surface area (Å²) in [6.07, 6.45) is -8.17. The summed E-state index contributed by atoms with van der Waals surface area (Å²) in [6, 6.07) is -3.29. The monoisotopic (exact) mass is 1770 g/mol. The van der Waals surface area contributed by atoms with E-state index in [2.05, 4.69) is 84.7 Å². The molecule has 4 rings (SSSR count). The van der Waals surface area contributed by atoms with Crippen LogP contribution in [0.3, 0.4) is 0 Å². The molecule has 1 heterocycles. The zero-order valence-electron chi connectivity index (χ0n) is 70.7. The number of para-hydroxylation sites is 1. The van der Waals surface area contributed by atoms with Gasteiger partial charge in [-0.25, -0.2) is 0 Å². The lowest BCUT2D eigenvalue weighted by atomic mass is 10.0. The van der Waals surface area contributed by atoms with E-state index in [-0.39, 0.29) is 31.6 Å². The van der Waals surface area contributed by atoms with Gasteiger partial charge in [-0.3, -0.25) is 101 Å². The summed E-state index contributed by atoms with van der Waals surface area (Å²) < 4.78 is 0. The van der Waals surface area contributed by atoms with Crippen LogP contribution in [-0.4, -0.2) is 263 Å². The third-order valence-electron chi connectivity index (χ3n) is 19.1. The molecule has 0 unspecified atom stereocenters. The van der Waals surface area contributed by atoms with Gasteiger partial charge in [0, 0.05) is 56.1 Å². The second-order valence-corrected chi connectivity index (χ2v) is 30.8. The van der Waals surface area contributed by atoms with Gasteiger partial charge in [-0.15, -0.1) is 0 Å². The van der Waals surface area contributed by atoms with Crippen molar-refractivity contribution in [3.05, 3.63) is 108 Å². The first-order valence-corrected chi connectivity index (χ1v) is 40.1. The van der Waals surface area contributed by atoms with Gasteiger partial charge in [0.15, 0.2) is 0 Å². The zero-order valence-corrected chi connectivity index (χ0v) is 70.7. The van der Waals surface area contributed by atoms with Crippen LogP contribution in [0.5, 0.6) is 0 Å². The fraction of sp³-hybridized carbons (Fsp3) is 0.494. The predicted octanol–water partition coefficient (Wildman–Crippen LogP) is -5.95. The second kappa shape index (κ2) is 51.2. The molecule has 0 fully saturated rings. The van der Waals surface area contributed by atoms with Gasteiger partial charge < -0.3 is 127 Å². The van der Waals surface area contributed by atoms with Crippen LogP contribution in [0.4, 0.5) is 0 Å². The lowest BCUT2D eigenvalue weighted by molar-refractivity contribution is -0.142. The Kier molecular flexibility index (Phi) is 42.4. The molecule has 3 aromatic carbocycles. The number of aliphatic hydroxyl groups excluding tert-OH is 2. The summed E-state index contributed by atoms with van der Waals surface area (Å²) in [5.41, 5.74) is 12.6. The van der Waals surface area contributed by atoms with E-state index in [1.54, 1.807) is 113 Å². The Balaban J connectivity index is 1.62. The standard InChI is InChI=1S/C81H112N18O27/c1-38(2)28-52(73(118)85-41(6)70(115)98-60(37-100)67(83)112)91-68(113)40(5)86-74(119)54(30-45-18-12-10-13-19-45)94-76(121)56(32-47-36-84-49-23-17-16-22-48(47)49)96-72(117)51(25-27-63(106)107)89-71(116)50(24-26-62(104)105)90-75(120)53(29-39(3)4)93-77(122)57(33-61(82)103)97-79(124)59(35-65(110)111)92-69(114)42(7)87-81(126)66(43(8)101)99-80(125)55(31-46-20-14-11-15-21-46)95-78(123)58(34-64(108)109)88-44(9)102/h10-23,36,38-43,50-60,66,84,100-101H,24-35,37H2,1-9H3,(H2,82,103)(H2,83,112)(H,85,118)(H,86,119)(H,87,126)(H,88,102)(H,89,116)(H,90,120)(H,91,113)(H,92,114)(H,93,122)(H,94,121)(H,95,123)(H,96,117)(H,97,124)(H,98,115)(H,99,125)(H,104,105)(H,106,107)(H,108,109)(H,110,111)/t40-,41-,42-,43+,50-,51-,52-,53-,54-,55-,56-,57-,58-,59-,60-,66-/m0/s1. The Hall–Kier alpha value is -14.0. The van der Waals surface area contributed by atoms with Crippen LogP contribution < -0.4 is 91.2 Å². The lowest BCUT2D eigenvalue weighted by Gasteiger charge is -2.28. The number of benzene rings is 3. The number of carbonyl (C=O) groups excluding carboxylic acids is 17. The number of aromatic nitrogens is 1. The van der Waals surface area contributed by atoms with Crippen LogP contribution in [0.1, 0.15) is 137 Å². The first-order chi connectivity index (χ1) is 59.2. The summed E-state index contributed by atoms with van der Waals surface area (Å²) >= 11 is 0. The second-order valence-electron chi connectivity index (χ2n) is 30.8. The Morgan fingerprint density at radius 3 is 1.06 bits per heavy atom. The highest BCUT2D eigenvalue weighted by Crippen LogP contribution is 2.21. The quantitative estimate of drug-likeness (QED) is 0.0196. The van der Waals surface area contributed by atoms with Gasteiger partial charge in [0.25, 0.3) is 0 Å². The Labute approximate surface area is 722 Å². The average molecular weight is 1770 g/mol. The largest absolute Gasteiger partial charge is 0.481 e. The highest BCUT2D eigenvalue weighted by Gasteiger charge is 2.40. The maximum Gasteiger partial charge on any atom is 0.305 e. The third-order valence-corrected chi connectivity index (χ3v) is 19.1. The van der Waals surface area contributed by atoms with E-state index in [0.29, 0.717) is 27.6 Å². The first-order valence-electron chi connectivity index (χ1n) is 40.1. The van der Waals surface area contributed by atoms with Crippen LogP contribution >= 0.6 is 0 Å². The number of nitrogens with two attached hydrogens (primary N) is 2. The number of primary amides is 2. The number of fused-ring (bicyclic) bond motifs is 1. The highest BCUT2D eigenvalue weighted by atomic mass is 16.4. The summed E-state index contributed by atoms with van der Waals surface area (Å²) in [6.45, 7) is 11.3. The molecule has 26 N–H and O–H groups in total. The van der Waals surface area contributed by atoms with E-state index in [1.807, 2.05) is 0 Å². The van der Waals surface area contributed by atoms with Crippen molar-refractivity contribution in [3.63, 3.8) is 0 Å². The maximum atomic E-state index is 15.1. The van der Waals surface area contributed by atoms with E-state index in [9.17, 15) is 127 Å². The predicted molar refractivity (Wildman–Crippen MR) is 443 cm³/mol. The van der Waals surface area contributed by atoms with Crippen molar-refractivity contribution in [3.8, 4) is 0 Å². The Morgan fingerprint density at radius 1 is 0.341 bits per heavy atom. The number of nitrogens with one attached hydrogen (secondary N) is 16. The zero-order chi connectivity index (χ0) is 94.5. The van der Waals surface area contributed by atoms with E-state index in [4.69, 9.17) is 11.5 Å². The van der Waals surface area contributed by atoms with Crippen molar-refractivity contribution in [1.82, 2.24) is 84.7 Å². The van der Waals surface area contributed by atoms with E-state index in [0.717, 1.165) is 20.8 Å². The fourth-order valence-corrected chi connectivity index (χ4v) is 12.5. The number of hydrogen-bond donors (Lipinski definition) is 24. The molecular formula is C81H112N18O27. The molecule has 45 nitrogen and oxygen atoms in total. The summed E-state index contributed by atoms with van der Waals surface area (Å²) in [4.78, 5) is 285. The number of rotatable bonds is 54. The number of carbonyl (C=O) groups is 21. The number of aliphatic carboxylic acids is 4. The smallest absolute Gasteiger partial charge is 0.305 e. The number of hydrogen-bond acceptors (Lipinski definition) is 23. The molecule has 0 aliphatic heterocycles. The fourth-order valence-electron chi connectivity index (χ4n) is 12.5. The van der Waals surface area contributed by atoms with Crippen LogP contribution in [0.25, 0.3) is 10.9 Å². The van der Waals surface area contributed by atoms with Crippen LogP contribution in [0.2, 0.25) is 0 Å².